The van der Waals surface area contributed by atoms with Gasteiger partial charge in [-0.1, -0.05) is 17.7 Å². The number of aliphatic hydroxyl groups excluding tert-OH is 1. The summed E-state index contributed by atoms with van der Waals surface area (Å²) in [5.74, 6) is -0.348. The van der Waals surface area contributed by atoms with Gasteiger partial charge in [0.25, 0.3) is 0 Å². The third-order valence-corrected chi connectivity index (χ3v) is 3.55. The van der Waals surface area contributed by atoms with E-state index < -0.39 is 6.10 Å². The van der Waals surface area contributed by atoms with E-state index in [0.29, 0.717) is 23.4 Å². The van der Waals surface area contributed by atoms with Crippen molar-refractivity contribution in [2.75, 3.05) is 6.61 Å². The summed E-state index contributed by atoms with van der Waals surface area (Å²) in [6, 6.07) is 4.56. The molecule has 1 aliphatic rings. The maximum absolute atomic E-state index is 13.5. The number of rotatable bonds is 5. The van der Waals surface area contributed by atoms with E-state index in [2.05, 4.69) is 0 Å². The molecule has 1 aromatic rings. The molecule has 0 aliphatic carbocycles. The van der Waals surface area contributed by atoms with Crippen molar-refractivity contribution in [1.82, 2.24) is 0 Å². The fourth-order valence-corrected chi connectivity index (χ4v) is 2.45. The Kier molecular flexibility index (Phi) is 4.98. The molecular weight excluding hydrogens is 255 g/mol. The average Bonchev–Trinajstić information content (AvgIpc) is 2.83. The Balaban J connectivity index is 1.80. The van der Waals surface area contributed by atoms with Crippen LogP contribution in [0.3, 0.4) is 0 Å². The normalized spacial score (nSPS) is 21.2. The lowest BCUT2D eigenvalue weighted by atomic mass is 10.0. The van der Waals surface area contributed by atoms with Crippen LogP contribution in [0.1, 0.15) is 31.2 Å². The van der Waals surface area contributed by atoms with Crippen LogP contribution in [0.4, 0.5) is 4.39 Å². The second kappa shape index (κ2) is 6.50. The molecule has 2 nitrogen and oxygen atoms in total. The SMILES string of the molecule is OC(CCC1CCCO1)Cc1ccc(Cl)cc1F. The molecule has 100 valence electrons. The first-order valence-corrected chi connectivity index (χ1v) is 6.76. The first-order chi connectivity index (χ1) is 8.65. The van der Waals surface area contributed by atoms with Gasteiger partial charge >= 0.3 is 0 Å². The van der Waals surface area contributed by atoms with Crippen LogP contribution in [0.2, 0.25) is 5.02 Å². The fourth-order valence-electron chi connectivity index (χ4n) is 2.29. The lowest BCUT2D eigenvalue weighted by Crippen LogP contribution is -2.15. The molecule has 2 unspecified atom stereocenters. The minimum absolute atomic E-state index is 0.273. The van der Waals surface area contributed by atoms with Gasteiger partial charge in [0.1, 0.15) is 5.82 Å². The van der Waals surface area contributed by atoms with Gasteiger partial charge in [0.2, 0.25) is 0 Å². The molecule has 0 aromatic heterocycles. The van der Waals surface area contributed by atoms with Crippen molar-refractivity contribution in [3.63, 3.8) is 0 Å². The van der Waals surface area contributed by atoms with Gasteiger partial charge in [-0.05, 0) is 43.4 Å². The highest BCUT2D eigenvalue weighted by atomic mass is 35.5. The average molecular weight is 273 g/mol. The Morgan fingerprint density at radius 1 is 1.50 bits per heavy atom. The van der Waals surface area contributed by atoms with Crippen LogP contribution in [0.25, 0.3) is 0 Å². The van der Waals surface area contributed by atoms with E-state index in [-0.39, 0.29) is 11.9 Å². The largest absolute Gasteiger partial charge is 0.393 e. The van der Waals surface area contributed by atoms with Crippen LogP contribution in [0.5, 0.6) is 0 Å². The quantitative estimate of drug-likeness (QED) is 0.891. The van der Waals surface area contributed by atoms with Crippen molar-refractivity contribution < 1.29 is 14.2 Å². The first kappa shape index (κ1) is 13.8. The maximum Gasteiger partial charge on any atom is 0.127 e. The van der Waals surface area contributed by atoms with E-state index >= 15 is 0 Å². The number of hydrogen-bond acceptors (Lipinski definition) is 2. The minimum atomic E-state index is -0.523. The molecular formula is C14H18ClFO2. The van der Waals surface area contributed by atoms with E-state index in [9.17, 15) is 9.50 Å². The standard InChI is InChI=1S/C14H18ClFO2/c15-11-4-3-10(14(16)9-11)8-12(17)5-6-13-2-1-7-18-13/h3-4,9,12-13,17H,1-2,5-8H2. The zero-order chi connectivity index (χ0) is 13.0. The topological polar surface area (TPSA) is 29.5 Å². The van der Waals surface area contributed by atoms with E-state index in [0.717, 1.165) is 25.9 Å². The highest BCUT2D eigenvalue weighted by Crippen LogP contribution is 2.20. The van der Waals surface area contributed by atoms with E-state index in [1.54, 1.807) is 12.1 Å². The van der Waals surface area contributed by atoms with Gasteiger partial charge in [-0.3, -0.25) is 0 Å². The van der Waals surface area contributed by atoms with Crippen LogP contribution in [-0.4, -0.2) is 23.9 Å². The molecule has 1 N–H and O–H groups in total. The smallest absolute Gasteiger partial charge is 0.127 e. The minimum Gasteiger partial charge on any atom is -0.393 e. The van der Waals surface area contributed by atoms with Gasteiger partial charge in [0, 0.05) is 18.1 Å². The molecule has 0 bridgehead atoms. The zero-order valence-corrected chi connectivity index (χ0v) is 11.0. The molecule has 0 spiro atoms. The number of ether oxygens (including phenoxy) is 1. The fraction of sp³-hybridized carbons (Fsp3) is 0.571. The zero-order valence-electron chi connectivity index (χ0n) is 10.2. The Hall–Kier alpha value is -0.640. The Bertz CT molecular complexity index is 391. The summed E-state index contributed by atoms with van der Waals surface area (Å²) in [6.45, 7) is 0.826. The summed E-state index contributed by atoms with van der Waals surface area (Å²) in [5, 5.41) is 10.3. The van der Waals surface area contributed by atoms with Gasteiger partial charge in [-0.15, -0.1) is 0 Å². The Morgan fingerprint density at radius 3 is 3.00 bits per heavy atom. The molecule has 4 heteroatoms. The third-order valence-electron chi connectivity index (χ3n) is 3.32. The first-order valence-electron chi connectivity index (χ1n) is 6.39. The third kappa shape index (κ3) is 3.94. The molecule has 0 saturated carbocycles. The second-order valence-corrected chi connectivity index (χ2v) is 5.24. The molecule has 1 heterocycles. The van der Waals surface area contributed by atoms with E-state index in [1.807, 2.05) is 0 Å². The molecule has 2 atom stereocenters. The van der Waals surface area contributed by atoms with Crippen LogP contribution in [0, 0.1) is 5.82 Å². The maximum atomic E-state index is 13.5. The lowest BCUT2D eigenvalue weighted by Gasteiger charge is -2.14. The van der Waals surface area contributed by atoms with Crippen LogP contribution < -0.4 is 0 Å². The second-order valence-electron chi connectivity index (χ2n) is 4.81. The van der Waals surface area contributed by atoms with Gasteiger partial charge < -0.3 is 9.84 Å². The van der Waals surface area contributed by atoms with Crippen molar-refractivity contribution >= 4 is 11.6 Å². The van der Waals surface area contributed by atoms with Gasteiger partial charge in [-0.25, -0.2) is 4.39 Å². The molecule has 1 saturated heterocycles. The Labute approximate surface area is 112 Å². The van der Waals surface area contributed by atoms with Crippen LogP contribution >= 0.6 is 11.6 Å². The molecule has 1 aromatic carbocycles. The number of benzene rings is 1. The van der Waals surface area contributed by atoms with Gasteiger partial charge in [0.15, 0.2) is 0 Å². The monoisotopic (exact) mass is 272 g/mol. The number of aliphatic hydroxyl groups is 1. The highest BCUT2D eigenvalue weighted by Gasteiger charge is 2.17. The Morgan fingerprint density at radius 2 is 2.33 bits per heavy atom. The number of halogens is 2. The van der Waals surface area contributed by atoms with Crippen molar-refractivity contribution in [3.05, 3.63) is 34.6 Å². The van der Waals surface area contributed by atoms with Crippen molar-refractivity contribution in [2.45, 2.75) is 44.3 Å². The molecule has 1 fully saturated rings. The summed E-state index contributed by atoms with van der Waals surface area (Å²) in [4.78, 5) is 0. The van der Waals surface area contributed by atoms with Crippen molar-refractivity contribution in [3.8, 4) is 0 Å². The van der Waals surface area contributed by atoms with E-state index in [1.165, 1.54) is 6.07 Å². The van der Waals surface area contributed by atoms with Gasteiger partial charge in [0.05, 0.1) is 12.2 Å². The number of hydrogen-bond donors (Lipinski definition) is 1. The lowest BCUT2D eigenvalue weighted by molar-refractivity contribution is 0.0811. The van der Waals surface area contributed by atoms with E-state index in [4.69, 9.17) is 16.3 Å². The summed E-state index contributed by atoms with van der Waals surface area (Å²) in [6.07, 6.45) is 3.74. The predicted octanol–water partition coefficient (Wildman–Crippen LogP) is 3.34. The molecule has 18 heavy (non-hydrogen) atoms. The molecule has 0 amide bonds. The molecule has 2 rings (SSSR count). The summed E-state index contributed by atoms with van der Waals surface area (Å²) >= 11 is 5.68. The molecule has 1 aliphatic heterocycles. The summed E-state index contributed by atoms with van der Waals surface area (Å²) in [5.41, 5.74) is 0.513. The summed E-state index contributed by atoms with van der Waals surface area (Å²) in [7, 11) is 0. The van der Waals surface area contributed by atoms with Crippen molar-refractivity contribution in [2.24, 2.45) is 0 Å². The van der Waals surface area contributed by atoms with Crippen LogP contribution in [-0.2, 0) is 11.2 Å². The predicted molar refractivity (Wildman–Crippen MR) is 69.3 cm³/mol. The van der Waals surface area contributed by atoms with Crippen LogP contribution in [0.15, 0.2) is 18.2 Å². The molecule has 0 radical (unpaired) electrons. The van der Waals surface area contributed by atoms with Crippen molar-refractivity contribution in [1.29, 1.82) is 0 Å². The van der Waals surface area contributed by atoms with Gasteiger partial charge in [-0.2, -0.15) is 0 Å². The highest BCUT2D eigenvalue weighted by molar-refractivity contribution is 6.30. The summed E-state index contributed by atoms with van der Waals surface area (Å²) < 4.78 is 19.0.